The van der Waals surface area contributed by atoms with E-state index in [-0.39, 0.29) is 23.4 Å². The summed E-state index contributed by atoms with van der Waals surface area (Å²) >= 11 is 0. The summed E-state index contributed by atoms with van der Waals surface area (Å²) in [7, 11) is -3.41. The molecule has 1 fully saturated rings. The van der Waals surface area contributed by atoms with Crippen LogP contribution in [0.1, 0.15) is 24.8 Å². The van der Waals surface area contributed by atoms with Crippen molar-refractivity contribution in [3.8, 4) is 6.07 Å². The van der Waals surface area contributed by atoms with Crippen molar-refractivity contribution in [1.82, 2.24) is 0 Å². The lowest BCUT2D eigenvalue weighted by Gasteiger charge is -2.22. The Kier molecular flexibility index (Phi) is 5.74. The Morgan fingerprint density at radius 1 is 1.38 bits per heavy atom. The smallest absolute Gasteiger partial charge is 0.180 e. The van der Waals surface area contributed by atoms with Gasteiger partial charge in [0.05, 0.1) is 41.6 Å². The molecule has 0 aromatic heterocycles. The molecule has 114 valence electrons. The highest BCUT2D eigenvalue weighted by molar-refractivity contribution is 7.91. The van der Waals surface area contributed by atoms with E-state index in [0.717, 1.165) is 25.9 Å². The van der Waals surface area contributed by atoms with E-state index >= 15 is 0 Å². The van der Waals surface area contributed by atoms with E-state index < -0.39 is 9.84 Å². The monoisotopic (exact) mass is 309 g/mol. The zero-order valence-electron chi connectivity index (χ0n) is 11.8. The number of nitrogens with zero attached hydrogens (tertiary/aromatic N) is 1. The summed E-state index contributed by atoms with van der Waals surface area (Å²) in [5, 5.41) is 8.80. The van der Waals surface area contributed by atoms with E-state index in [1.165, 1.54) is 12.1 Å². The Morgan fingerprint density at radius 3 is 2.95 bits per heavy atom. The second kappa shape index (κ2) is 7.55. The quantitative estimate of drug-likeness (QED) is 0.750. The second-order valence-corrected chi connectivity index (χ2v) is 7.13. The zero-order chi connectivity index (χ0) is 15.1. The molecule has 5 nitrogen and oxygen atoms in total. The molecule has 0 bridgehead atoms. The predicted molar refractivity (Wildman–Crippen MR) is 77.6 cm³/mol. The average molecular weight is 309 g/mol. The third-order valence-electron chi connectivity index (χ3n) is 3.40. The summed E-state index contributed by atoms with van der Waals surface area (Å²) in [5.74, 6) is -0.0887. The van der Waals surface area contributed by atoms with Crippen molar-refractivity contribution in [3.05, 3.63) is 29.8 Å². The minimum Gasteiger partial charge on any atom is -0.378 e. The normalized spacial score (nSPS) is 19.1. The maximum Gasteiger partial charge on any atom is 0.180 e. The Labute approximate surface area is 125 Å². The largest absolute Gasteiger partial charge is 0.378 e. The minimum absolute atomic E-state index is 0.0865. The molecule has 1 aliphatic heterocycles. The first-order valence-electron chi connectivity index (χ1n) is 7.04. The van der Waals surface area contributed by atoms with Crippen LogP contribution in [0.15, 0.2) is 29.2 Å². The molecule has 1 unspecified atom stereocenters. The van der Waals surface area contributed by atoms with Crippen LogP contribution in [0.25, 0.3) is 0 Å². The summed E-state index contributed by atoms with van der Waals surface area (Å²) in [6.45, 7) is 1.33. The van der Waals surface area contributed by atoms with Gasteiger partial charge in [-0.05, 0) is 37.5 Å². The lowest BCUT2D eigenvalue weighted by atomic mass is 10.1. The number of hydrogen-bond acceptors (Lipinski definition) is 5. The summed E-state index contributed by atoms with van der Waals surface area (Å²) in [5.41, 5.74) is 0.340. The molecule has 0 saturated carbocycles. The van der Waals surface area contributed by atoms with Gasteiger partial charge in [0.15, 0.2) is 9.84 Å². The van der Waals surface area contributed by atoms with Crippen LogP contribution >= 0.6 is 0 Å². The Hall–Kier alpha value is -1.42. The summed E-state index contributed by atoms with van der Waals surface area (Å²) in [4.78, 5) is 0.166. The SMILES string of the molecule is N#Cc1cccc(S(=O)(=O)CCOCC2CCCCO2)c1. The van der Waals surface area contributed by atoms with Crippen LogP contribution < -0.4 is 0 Å². The lowest BCUT2D eigenvalue weighted by molar-refractivity contribution is -0.0378. The molecule has 1 aromatic carbocycles. The van der Waals surface area contributed by atoms with Gasteiger partial charge in [-0.2, -0.15) is 5.26 Å². The highest BCUT2D eigenvalue weighted by Gasteiger charge is 2.17. The number of sulfone groups is 1. The fraction of sp³-hybridized carbons (Fsp3) is 0.533. The molecule has 6 heteroatoms. The van der Waals surface area contributed by atoms with E-state index in [1.54, 1.807) is 12.1 Å². The lowest BCUT2D eigenvalue weighted by Crippen LogP contribution is -2.25. The molecule has 2 rings (SSSR count). The molecule has 0 amide bonds. The van der Waals surface area contributed by atoms with E-state index in [0.29, 0.717) is 12.2 Å². The topological polar surface area (TPSA) is 76.4 Å². The summed E-state index contributed by atoms with van der Waals surface area (Å²) in [6.07, 6.45) is 3.27. The van der Waals surface area contributed by atoms with Crippen molar-refractivity contribution in [2.45, 2.75) is 30.3 Å². The number of ether oxygens (including phenoxy) is 2. The minimum atomic E-state index is -3.41. The molecular formula is C15H19NO4S. The van der Waals surface area contributed by atoms with Gasteiger partial charge in [-0.15, -0.1) is 0 Å². The van der Waals surface area contributed by atoms with Crippen molar-refractivity contribution in [1.29, 1.82) is 5.26 Å². The molecule has 1 heterocycles. The molecule has 1 aromatic rings. The number of nitriles is 1. The molecule has 0 radical (unpaired) electrons. The first-order valence-corrected chi connectivity index (χ1v) is 8.69. The zero-order valence-corrected chi connectivity index (χ0v) is 12.6. The van der Waals surface area contributed by atoms with E-state index in [1.807, 2.05) is 6.07 Å². The fourth-order valence-corrected chi connectivity index (χ4v) is 3.36. The maximum atomic E-state index is 12.1. The number of benzene rings is 1. The summed E-state index contributed by atoms with van der Waals surface area (Å²) < 4.78 is 35.2. The third kappa shape index (κ3) is 4.81. The van der Waals surface area contributed by atoms with Crippen molar-refractivity contribution in [3.63, 3.8) is 0 Å². The van der Waals surface area contributed by atoms with Crippen LogP contribution in [0, 0.1) is 11.3 Å². The van der Waals surface area contributed by atoms with Gasteiger partial charge < -0.3 is 9.47 Å². The van der Waals surface area contributed by atoms with Crippen molar-refractivity contribution < 1.29 is 17.9 Å². The van der Waals surface area contributed by atoms with E-state index in [4.69, 9.17) is 14.7 Å². The van der Waals surface area contributed by atoms with Gasteiger partial charge in [0.1, 0.15) is 0 Å². The van der Waals surface area contributed by atoms with Crippen molar-refractivity contribution in [2.75, 3.05) is 25.6 Å². The molecule has 1 atom stereocenters. The number of rotatable bonds is 6. The Balaban J connectivity index is 1.82. The first kappa shape index (κ1) is 16.0. The molecule has 0 N–H and O–H groups in total. The van der Waals surface area contributed by atoms with Crippen LogP contribution in [0.5, 0.6) is 0 Å². The van der Waals surface area contributed by atoms with Crippen LogP contribution in [0.3, 0.4) is 0 Å². The fourth-order valence-electron chi connectivity index (χ4n) is 2.20. The Bertz CT molecular complexity index is 600. The van der Waals surface area contributed by atoms with Gasteiger partial charge in [-0.1, -0.05) is 6.07 Å². The van der Waals surface area contributed by atoms with Crippen molar-refractivity contribution in [2.24, 2.45) is 0 Å². The summed E-state index contributed by atoms with van der Waals surface area (Å²) in [6, 6.07) is 7.98. The molecule has 0 aliphatic carbocycles. The van der Waals surface area contributed by atoms with Crippen molar-refractivity contribution >= 4 is 9.84 Å². The van der Waals surface area contributed by atoms with Crippen LogP contribution in [0.4, 0.5) is 0 Å². The molecule has 1 aliphatic rings. The molecule has 21 heavy (non-hydrogen) atoms. The van der Waals surface area contributed by atoms with Gasteiger partial charge in [0.25, 0.3) is 0 Å². The average Bonchev–Trinajstić information content (AvgIpc) is 2.53. The first-order chi connectivity index (χ1) is 10.1. The maximum absolute atomic E-state index is 12.1. The van der Waals surface area contributed by atoms with Crippen LogP contribution in [0.2, 0.25) is 0 Å². The van der Waals surface area contributed by atoms with Gasteiger partial charge in [0, 0.05) is 6.61 Å². The van der Waals surface area contributed by atoms with Crippen LogP contribution in [-0.4, -0.2) is 40.1 Å². The third-order valence-corrected chi connectivity index (χ3v) is 5.07. The van der Waals surface area contributed by atoms with E-state index in [9.17, 15) is 8.42 Å². The molecule has 0 spiro atoms. The highest BCUT2D eigenvalue weighted by atomic mass is 32.2. The van der Waals surface area contributed by atoms with Gasteiger partial charge in [-0.3, -0.25) is 0 Å². The Morgan fingerprint density at radius 2 is 2.24 bits per heavy atom. The van der Waals surface area contributed by atoms with E-state index in [2.05, 4.69) is 0 Å². The van der Waals surface area contributed by atoms with Gasteiger partial charge in [-0.25, -0.2) is 8.42 Å². The highest BCUT2D eigenvalue weighted by Crippen LogP contribution is 2.14. The predicted octanol–water partition coefficient (Wildman–Crippen LogP) is 1.92. The van der Waals surface area contributed by atoms with Gasteiger partial charge >= 0.3 is 0 Å². The molecule has 1 saturated heterocycles. The van der Waals surface area contributed by atoms with Crippen LogP contribution in [-0.2, 0) is 19.3 Å². The molecular weight excluding hydrogens is 290 g/mol. The number of hydrogen-bond donors (Lipinski definition) is 0. The standard InChI is InChI=1S/C15H19NO4S/c16-11-13-4-3-6-15(10-13)21(17,18)9-8-19-12-14-5-1-2-7-20-14/h3-4,6,10,14H,1-2,5,7-9,12H2. The second-order valence-electron chi connectivity index (χ2n) is 5.02. The van der Waals surface area contributed by atoms with Gasteiger partial charge in [0.2, 0.25) is 0 Å².